The van der Waals surface area contributed by atoms with E-state index < -0.39 is 0 Å². The average molecular weight is 301 g/mol. The first-order valence-corrected chi connectivity index (χ1v) is 8.58. The number of hydrogen-bond acceptors (Lipinski definition) is 3. The molecule has 0 radical (unpaired) electrons. The van der Waals surface area contributed by atoms with Crippen LogP contribution in [-0.2, 0) is 16.0 Å². The maximum Gasteiger partial charge on any atom is 0.168 e. The number of hydrogen-bond donors (Lipinski definition) is 0. The standard InChI is InChI=1S/C19H27NO2/c1-18(2)13-21-19(22-14-18)8-16-11-20(12-17(16)9-19)10-15-6-4-3-5-7-15/h3-7,16-17H,8-14H2,1-2H3. The quantitative estimate of drug-likeness (QED) is 0.836. The molecule has 1 spiro atoms. The SMILES string of the molecule is CC1(C)COC2(CC3CN(Cc4ccccc4)CC3C2)OC1. The summed E-state index contributed by atoms with van der Waals surface area (Å²) < 4.78 is 12.4. The van der Waals surface area contributed by atoms with Gasteiger partial charge in [0.15, 0.2) is 5.79 Å². The Morgan fingerprint density at radius 3 is 2.18 bits per heavy atom. The number of ether oxygens (including phenoxy) is 2. The fraction of sp³-hybridized carbons (Fsp3) is 0.684. The highest BCUT2D eigenvalue weighted by Crippen LogP contribution is 2.49. The average Bonchev–Trinajstić information content (AvgIpc) is 2.99. The van der Waals surface area contributed by atoms with Gasteiger partial charge in [-0.1, -0.05) is 44.2 Å². The molecular formula is C19H27NO2. The van der Waals surface area contributed by atoms with Gasteiger partial charge in [-0.05, 0) is 17.4 Å². The Labute approximate surface area is 133 Å². The smallest absolute Gasteiger partial charge is 0.168 e. The number of benzene rings is 1. The molecule has 0 N–H and O–H groups in total. The largest absolute Gasteiger partial charge is 0.349 e. The number of likely N-dealkylation sites (tertiary alicyclic amines) is 1. The van der Waals surface area contributed by atoms with E-state index in [1.807, 2.05) is 0 Å². The van der Waals surface area contributed by atoms with Crippen LogP contribution in [0.25, 0.3) is 0 Å². The molecule has 0 aromatic heterocycles. The molecule has 1 aliphatic carbocycles. The second-order valence-corrected chi connectivity index (χ2v) is 8.26. The van der Waals surface area contributed by atoms with Crippen LogP contribution in [0.5, 0.6) is 0 Å². The van der Waals surface area contributed by atoms with Crippen LogP contribution in [0.1, 0.15) is 32.3 Å². The molecule has 3 nitrogen and oxygen atoms in total. The van der Waals surface area contributed by atoms with Gasteiger partial charge >= 0.3 is 0 Å². The Hall–Kier alpha value is -0.900. The molecule has 120 valence electrons. The Morgan fingerprint density at radius 1 is 1.00 bits per heavy atom. The van der Waals surface area contributed by atoms with Crippen LogP contribution in [-0.4, -0.2) is 37.0 Å². The molecule has 2 heterocycles. The van der Waals surface area contributed by atoms with E-state index in [0.717, 1.165) is 44.4 Å². The number of nitrogens with zero attached hydrogens (tertiary/aromatic N) is 1. The Morgan fingerprint density at radius 2 is 1.59 bits per heavy atom. The third-order valence-corrected chi connectivity index (χ3v) is 5.50. The van der Waals surface area contributed by atoms with E-state index >= 15 is 0 Å². The monoisotopic (exact) mass is 301 g/mol. The molecule has 4 rings (SSSR count). The summed E-state index contributed by atoms with van der Waals surface area (Å²) in [6.45, 7) is 9.57. The molecule has 2 aliphatic heterocycles. The predicted molar refractivity (Wildman–Crippen MR) is 86.3 cm³/mol. The van der Waals surface area contributed by atoms with Gasteiger partial charge in [0, 0.05) is 37.9 Å². The second kappa shape index (κ2) is 5.33. The Bertz CT molecular complexity index is 501. The summed E-state index contributed by atoms with van der Waals surface area (Å²) in [6.07, 6.45) is 2.16. The summed E-state index contributed by atoms with van der Waals surface area (Å²) >= 11 is 0. The molecular weight excluding hydrogens is 274 g/mol. The van der Waals surface area contributed by atoms with Crippen molar-refractivity contribution in [2.75, 3.05) is 26.3 Å². The van der Waals surface area contributed by atoms with E-state index in [1.54, 1.807) is 0 Å². The zero-order valence-corrected chi connectivity index (χ0v) is 13.8. The molecule has 0 bridgehead atoms. The van der Waals surface area contributed by atoms with E-state index in [-0.39, 0.29) is 11.2 Å². The van der Waals surface area contributed by atoms with Gasteiger partial charge in [-0.2, -0.15) is 0 Å². The second-order valence-electron chi connectivity index (χ2n) is 8.26. The van der Waals surface area contributed by atoms with E-state index in [0.29, 0.717) is 0 Å². The Balaban J connectivity index is 1.35. The van der Waals surface area contributed by atoms with Gasteiger partial charge in [0.25, 0.3) is 0 Å². The number of rotatable bonds is 2. The van der Waals surface area contributed by atoms with Crippen LogP contribution in [0.2, 0.25) is 0 Å². The lowest BCUT2D eigenvalue weighted by Gasteiger charge is -2.42. The van der Waals surface area contributed by atoms with Crippen molar-refractivity contribution in [2.24, 2.45) is 17.3 Å². The van der Waals surface area contributed by atoms with Gasteiger partial charge in [0.05, 0.1) is 13.2 Å². The summed E-state index contributed by atoms with van der Waals surface area (Å²) in [6, 6.07) is 10.8. The molecule has 3 aliphatic rings. The van der Waals surface area contributed by atoms with Crippen LogP contribution in [0.15, 0.2) is 30.3 Å². The van der Waals surface area contributed by atoms with E-state index in [9.17, 15) is 0 Å². The van der Waals surface area contributed by atoms with Crippen molar-refractivity contribution in [1.82, 2.24) is 4.90 Å². The van der Waals surface area contributed by atoms with Gasteiger partial charge in [0.2, 0.25) is 0 Å². The highest BCUT2D eigenvalue weighted by molar-refractivity contribution is 5.15. The molecule has 0 amide bonds. The highest BCUT2D eigenvalue weighted by atomic mass is 16.7. The van der Waals surface area contributed by atoms with Gasteiger partial charge in [0.1, 0.15) is 0 Å². The third kappa shape index (κ3) is 2.82. The topological polar surface area (TPSA) is 21.7 Å². The first-order valence-electron chi connectivity index (χ1n) is 8.58. The van der Waals surface area contributed by atoms with Crippen LogP contribution in [0, 0.1) is 17.3 Å². The molecule has 1 aromatic carbocycles. The summed E-state index contributed by atoms with van der Waals surface area (Å²) in [5.74, 6) is 1.22. The van der Waals surface area contributed by atoms with E-state index in [4.69, 9.17) is 9.47 Å². The van der Waals surface area contributed by atoms with Crippen LogP contribution in [0.4, 0.5) is 0 Å². The molecule has 3 fully saturated rings. The third-order valence-electron chi connectivity index (χ3n) is 5.50. The molecule has 1 saturated carbocycles. The Kier molecular flexibility index (Phi) is 3.55. The fourth-order valence-electron chi connectivity index (χ4n) is 4.32. The van der Waals surface area contributed by atoms with Crippen molar-refractivity contribution < 1.29 is 9.47 Å². The summed E-state index contributed by atoms with van der Waals surface area (Å²) in [5.41, 5.74) is 1.59. The van der Waals surface area contributed by atoms with Crippen molar-refractivity contribution in [1.29, 1.82) is 0 Å². The summed E-state index contributed by atoms with van der Waals surface area (Å²) in [4.78, 5) is 2.60. The molecule has 22 heavy (non-hydrogen) atoms. The van der Waals surface area contributed by atoms with Crippen molar-refractivity contribution in [3.63, 3.8) is 0 Å². The lowest BCUT2D eigenvalue weighted by molar-refractivity contribution is -0.297. The van der Waals surface area contributed by atoms with E-state index in [2.05, 4.69) is 49.1 Å². The maximum atomic E-state index is 6.19. The predicted octanol–water partition coefficient (Wildman–Crippen LogP) is 3.30. The van der Waals surface area contributed by atoms with Gasteiger partial charge in [-0.25, -0.2) is 0 Å². The lowest BCUT2D eigenvalue weighted by atomic mass is 9.94. The molecule has 2 unspecified atom stereocenters. The first-order chi connectivity index (χ1) is 10.5. The summed E-state index contributed by atoms with van der Waals surface area (Å²) in [5, 5.41) is 0. The van der Waals surface area contributed by atoms with Crippen LogP contribution < -0.4 is 0 Å². The van der Waals surface area contributed by atoms with Gasteiger partial charge in [-0.3, -0.25) is 4.90 Å². The summed E-state index contributed by atoms with van der Waals surface area (Å²) in [7, 11) is 0. The van der Waals surface area contributed by atoms with Crippen LogP contribution >= 0.6 is 0 Å². The molecule has 2 saturated heterocycles. The maximum absolute atomic E-state index is 6.19. The lowest BCUT2D eigenvalue weighted by Crippen LogP contribution is -2.46. The van der Waals surface area contributed by atoms with Gasteiger partial charge in [-0.15, -0.1) is 0 Å². The molecule has 2 atom stereocenters. The van der Waals surface area contributed by atoms with Crippen LogP contribution in [0.3, 0.4) is 0 Å². The highest BCUT2D eigenvalue weighted by Gasteiger charge is 2.53. The minimum absolute atomic E-state index is 0.169. The zero-order chi connectivity index (χ0) is 15.2. The van der Waals surface area contributed by atoms with Crippen molar-refractivity contribution in [3.8, 4) is 0 Å². The van der Waals surface area contributed by atoms with E-state index in [1.165, 1.54) is 18.7 Å². The normalized spacial score (nSPS) is 33.2. The van der Waals surface area contributed by atoms with Crippen molar-refractivity contribution in [2.45, 2.75) is 39.0 Å². The molecule has 1 aromatic rings. The first kappa shape index (κ1) is 14.7. The van der Waals surface area contributed by atoms with Gasteiger partial charge < -0.3 is 9.47 Å². The fourth-order valence-corrected chi connectivity index (χ4v) is 4.32. The molecule has 3 heteroatoms. The van der Waals surface area contributed by atoms with Crippen molar-refractivity contribution >= 4 is 0 Å². The zero-order valence-electron chi connectivity index (χ0n) is 13.8. The van der Waals surface area contributed by atoms with Crippen molar-refractivity contribution in [3.05, 3.63) is 35.9 Å². The number of fused-ring (bicyclic) bond motifs is 1. The minimum atomic E-state index is -0.260. The minimum Gasteiger partial charge on any atom is -0.349 e.